The summed E-state index contributed by atoms with van der Waals surface area (Å²) in [5, 5.41) is 4.45. The summed E-state index contributed by atoms with van der Waals surface area (Å²) in [7, 11) is 2.17. The van der Waals surface area contributed by atoms with Crippen molar-refractivity contribution in [3.8, 4) is 0 Å². The first-order chi connectivity index (χ1) is 10.2. The second-order valence-corrected chi connectivity index (χ2v) is 6.31. The first-order valence-electron chi connectivity index (χ1n) is 7.44. The van der Waals surface area contributed by atoms with Crippen LogP contribution in [0.4, 0.5) is 0 Å². The quantitative estimate of drug-likeness (QED) is 0.930. The Kier molecular flexibility index (Phi) is 4.59. The van der Waals surface area contributed by atoms with Crippen LogP contribution < -0.4 is 5.32 Å². The van der Waals surface area contributed by atoms with Gasteiger partial charge in [-0.3, -0.25) is 0 Å². The van der Waals surface area contributed by atoms with Crippen LogP contribution in [0, 0.1) is 0 Å². The van der Waals surface area contributed by atoms with Crippen molar-refractivity contribution in [1.29, 1.82) is 0 Å². The molecule has 110 valence electrons. The molecule has 21 heavy (non-hydrogen) atoms. The molecule has 3 rings (SSSR count). The number of benzene rings is 2. The number of likely N-dealkylation sites (N-methyl/N-ethyl adjacent to an activating group) is 1. The van der Waals surface area contributed by atoms with Crippen LogP contribution in [0.1, 0.15) is 16.7 Å². The van der Waals surface area contributed by atoms with Crippen molar-refractivity contribution >= 4 is 11.6 Å². The Morgan fingerprint density at radius 2 is 1.95 bits per heavy atom. The molecule has 1 aliphatic rings. The summed E-state index contributed by atoms with van der Waals surface area (Å²) >= 11 is 6.05. The zero-order chi connectivity index (χ0) is 14.7. The van der Waals surface area contributed by atoms with Crippen LogP contribution in [0.15, 0.2) is 48.5 Å². The van der Waals surface area contributed by atoms with Crippen molar-refractivity contribution in [2.45, 2.75) is 25.6 Å². The normalized spacial score (nSPS) is 17.8. The van der Waals surface area contributed by atoms with Crippen LogP contribution in [0.2, 0.25) is 5.02 Å². The summed E-state index contributed by atoms with van der Waals surface area (Å²) < 4.78 is 0. The van der Waals surface area contributed by atoms with Gasteiger partial charge in [0.2, 0.25) is 0 Å². The Hall–Kier alpha value is -1.35. The third-order valence-corrected chi connectivity index (χ3v) is 4.27. The van der Waals surface area contributed by atoms with E-state index in [0.29, 0.717) is 6.04 Å². The molecule has 1 N–H and O–H groups in total. The molecule has 0 aliphatic carbocycles. The van der Waals surface area contributed by atoms with E-state index in [2.05, 4.69) is 47.6 Å². The van der Waals surface area contributed by atoms with E-state index in [9.17, 15) is 0 Å². The monoisotopic (exact) mass is 300 g/mol. The number of nitrogens with zero attached hydrogens (tertiary/aromatic N) is 1. The van der Waals surface area contributed by atoms with Gasteiger partial charge >= 0.3 is 0 Å². The molecule has 0 fully saturated rings. The average molecular weight is 301 g/mol. The molecule has 1 aliphatic heterocycles. The molecular weight excluding hydrogens is 280 g/mol. The van der Waals surface area contributed by atoms with E-state index >= 15 is 0 Å². The number of halogens is 1. The van der Waals surface area contributed by atoms with Gasteiger partial charge in [0.15, 0.2) is 0 Å². The highest BCUT2D eigenvalue weighted by Gasteiger charge is 2.18. The lowest BCUT2D eigenvalue weighted by molar-refractivity contribution is 0.274. The maximum atomic E-state index is 6.05. The largest absolute Gasteiger partial charge is 0.308 e. The van der Waals surface area contributed by atoms with E-state index in [0.717, 1.165) is 31.1 Å². The highest BCUT2D eigenvalue weighted by Crippen LogP contribution is 2.17. The van der Waals surface area contributed by atoms with E-state index < -0.39 is 0 Å². The molecule has 0 saturated carbocycles. The topological polar surface area (TPSA) is 15.3 Å². The van der Waals surface area contributed by atoms with Crippen LogP contribution in [-0.2, 0) is 19.5 Å². The van der Waals surface area contributed by atoms with Gasteiger partial charge in [-0.2, -0.15) is 0 Å². The molecule has 1 atom stereocenters. The van der Waals surface area contributed by atoms with Gasteiger partial charge in [-0.1, -0.05) is 48.0 Å². The lowest BCUT2D eigenvalue weighted by Gasteiger charge is -2.29. The molecule has 0 saturated heterocycles. The second kappa shape index (κ2) is 6.61. The lowest BCUT2D eigenvalue weighted by atomic mass is 9.95. The minimum absolute atomic E-state index is 0.518. The zero-order valence-electron chi connectivity index (χ0n) is 12.3. The fourth-order valence-electron chi connectivity index (χ4n) is 3.04. The first kappa shape index (κ1) is 14.6. The minimum Gasteiger partial charge on any atom is -0.308 e. The third-order valence-electron chi connectivity index (χ3n) is 4.04. The Labute approximate surface area is 131 Å². The molecule has 2 aromatic rings. The number of rotatable bonds is 4. The molecule has 0 aromatic heterocycles. The van der Waals surface area contributed by atoms with Gasteiger partial charge in [-0.05, 0) is 42.3 Å². The van der Waals surface area contributed by atoms with E-state index in [1.807, 2.05) is 18.2 Å². The lowest BCUT2D eigenvalue weighted by Crippen LogP contribution is -2.43. The van der Waals surface area contributed by atoms with Crippen molar-refractivity contribution in [3.63, 3.8) is 0 Å². The molecule has 1 heterocycles. The predicted molar refractivity (Wildman–Crippen MR) is 88.6 cm³/mol. The number of nitrogens with one attached hydrogen (secondary N) is 1. The number of fused-ring (bicyclic) bond motifs is 1. The summed E-state index contributed by atoms with van der Waals surface area (Å²) in [6.45, 7) is 2.95. The van der Waals surface area contributed by atoms with E-state index in [-0.39, 0.29) is 0 Å². The Morgan fingerprint density at radius 1 is 1.14 bits per heavy atom. The molecule has 0 spiro atoms. The van der Waals surface area contributed by atoms with Crippen LogP contribution >= 0.6 is 11.6 Å². The maximum Gasteiger partial charge on any atom is 0.0409 e. The van der Waals surface area contributed by atoms with E-state index in [1.54, 1.807) is 0 Å². The van der Waals surface area contributed by atoms with Crippen LogP contribution in [0.25, 0.3) is 0 Å². The van der Waals surface area contributed by atoms with E-state index in [4.69, 9.17) is 11.6 Å². The van der Waals surface area contributed by atoms with Crippen molar-refractivity contribution in [2.24, 2.45) is 0 Å². The summed E-state index contributed by atoms with van der Waals surface area (Å²) in [6, 6.07) is 17.3. The zero-order valence-corrected chi connectivity index (χ0v) is 13.1. The van der Waals surface area contributed by atoms with Gasteiger partial charge in [0.25, 0.3) is 0 Å². The fraction of sp³-hybridized carbons (Fsp3) is 0.333. The standard InChI is InChI=1S/C18H21ClN2/c1-21(12-14-5-4-8-17(19)9-14)13-18-10-15-6-2-3-7-16(15)11-20-18/h2-9,18,20H,10-13H2,1H3. The number of hydrogen-bond donors (Lipinski definition) is 1. The second-order valence-electron chi connectivity index (χ2n) is 5.88. The van der Waals surface area contributed by atoms with E-state index in [1.165, 1.54) is 16.7 Å². The summed E-state index contributed by atoms with van der Waals surface area (Å²) in [4.78, 5) is 2.36. The highest BCUT2D eigenvalue weighted by molar-refractivity contribution is 6.30. The highest BCUT2D eigenvalue weighted by atomic mass is 35.5. The van der Waals surface area contributed by atoms with Crippen LogP contribution in [0.5, 0.6) is 0 Å². The molecular formula is C18H21ClN2. The van der Waals surface area contributed by atoms with Crippen LogP contribution in [0.3, 0.4) is 0 Å². The van der Waals surface area contributed by atoms with Crippen molar-refractivity contribution < 1.29 is 0 Å². The van der Waals surface area contributed by atoms with Crippen molar-refractivity contribution in [3.05, 3.63) is 70.2 Å². The molecule has 2 aromatic carbocycles. The third kappa shape index (κ3) is 3.85. The molecule has 0 bridgehead atoms. The molecule has 1 unspecified atom stereocenters. The van der Waals surface area contributed by atoms with Gasteiger partial charge in [0.1, 0.15) is 0 Å². The van der Waals surface area contributed by atoms with Crippen molar-refractivity contribution in [2.75, 3.05) is 13.6 Å². The Morgan fingerprint density at radius 3 is 2.76 bits per heavy atom. The summed E-state index contributed by atoms with van der Waals surface area (Å²) in [5.41, 5.74) is 4.19. The Bertz CT molecular complexity index is 612. The predicted octanol–water partition coefficient (Wildman–Crippen LogP) is 3.49. The SMILES string of the molecule is CN(Cc1cccc(Cl)c1)CC1Cc2ccccc2CN1. The van der Waals surface area contributed by atoms with Gasteiger partial charge in [-0.25, -0.2) is 0 Å². The van der Waals surface area contributed by atoms with Crippen molar-refractivity contribution in [1.82, 2.24) is 10.2 Å². The van der Waals surface area contributed by atoms with Gasteiger partial charge in [0, 0.05) is 30.7 Å². The fourth-order valence-corrected chi connectivity index (χ4v) is 3.25. The molecule has 0 amide bonds. The molecule has 2 nitrogen and oxygen atoms in total. The Balaban J connectivity index is 1.57. The van der Waals surface area contributed by atoms with Crippen LogP contribution in [-0.4, -0.2) is 24.5 Å². The number of hydrogen-bond acceptors (Lipinski definition) is 2. The smallest absolute Gasteiger partial charge is 0.0409 e. The summed E-state index contributed by atoms with van der Waals surface area (Å²) in [5.74, 6) is 0. The molecule has 0 radical (unpaired) electrons. The average Bonchev–Trinajstić information content (AvgIpc) is 2.47. The molecule has 3 heteroatoms. The van der Waals surface area contributed by atoms with Gasteiger partial charge in [0.05, 0.1) is 0 Å². The van der Waals surface area contributed by atoms with Gasteiger partial charge < -0.3 is 10.2 Å². The first-order valence-corrected chi connectivity index (χ1v) is 7.81. The summed E-state index contributed by atoms with van der Waals surface area (Å²) in [6.07, 6.45) is 1.11. The maximum absolute atomic E-state index is 6.05. The minimum atomic E-state index is 0.518. The van der Waals surface area contributed by atoms with Gasteiger partial charge in [-0.15, -0.1) is 0 Å².